The van der Waals surface area contributed by atoms with E-state index in [9.17, 15) is 22.8 Å². The molecule has 9 nitrogen and oxygen atoms in total. The number of carboxylic acids is 1. The summed E-state index contributed by atoms with van der Waals surface area (Å²) in [6.45, 7) is 5.36. The van der Waals surface area contributed by atoms with Gasteiger partial charge in [0, 0.05) is 35.8 Å². The minimum Gasteiger partial charge on any atom is -0.475 e. The normalized spacial score (nSPS) is 15.5. The Bertz CT molecular complexity index is 1600. The van der Waals surface area contributed by atoms with Crippen LogP contribution in [0.4, 0.5) is 13.2 Å². The minimum atomic E-state index is -5.08. The fourth-order valence-corrected chi connectivity index (χ4v) is 4.88. The third kappa shape index (κ3) is 6.01. The van der Waals surface area contributed by atoms with Crippen molar-refractivity contribution < 1.29 is 32.6 Å². The average Bonchev–Trinajstić information content (AvgIpc) is 3.32. The number of para-hydroxylation sites is 1. The van der Waals surface area contributed by atoms with Crippen LogP contribution in [0.5, 0.6) is 0 Å². The van der Waals surface area contributed by atoms with Gasteiger partial charge in [0.1, 0.15) is 5.69 Å². The predicted molar refractivity (Wildman–Crippen MR) is 143 cm³/mol. The van der Waals surface area contributed by atoms with Gasteiger partial charge in [-0.1, -0.05) is 18.2 Å². The summed E-state index contributed by atoms with van der Waals surface area (Å²) in [5.74, 6) is -2.84. The van der Waals surface area contributed by atoms with E-state index >= 15 is 0 Å². The molecule has 0 radical (unpaired) electrons. The molecule has 0 aliphatic carbocycles. The molecule has 1 aliphatic rings. The molecular weight excluding hydrogens is 529 g/mol. The smallest absolute Gasteiger partial charge is 0.475 e. The van der Waals surface area contributed by atoms with Gasteiger partial charge in [0.05, 0.1) is 23.7 Å². The Morgan fingerprint density at radius 2 is 1.90 bits per heavy atom. The second-order valence-electron chi connectivity index (χ2n) is 9.43. The predicted octanol–water partition coefficient (Wildman–Crippen LogP) is 4.46. The molecule has 0 spiro atoms. The van der Waals surface area contributed by atoms with E-state index in [0.29, 0.717) is 34.8 Å². The zero-order valence-electron chi connectivity index (χ0n) is 22.0. The summed E-state index contributed by atoms with van der Waals surface area (Å²) in [4.78, 5) is 39.8. The summed E-state index contributed by atoms with van der Waals surface area (Å²) in [5.41, 5.74) is 4.00. The summed E-state index contributed by atoms with van der Waals surface area (Å²) in [7, 11) is 1.36. The number of ether oxygens (including phenoxy) is 1. The molecule has 0 saturated carbocycles. The van der Waals surface area contributed by atoms with Crippen LogP contribution in [0.2, 0.25) is 0 Å². The number of carbonyl (C=O) groups is 2. The van der Waals surface area contributed by atoms with Gasteiger partial charge in [-0.3, -0.25) is 4.79 Å². The number of benzene rings is 2. The molecule has 3 heterocycles. The molecule has 4 aromatic rings. The van der Waals surface area contributed by atoms with Crippen molar-refractivity contribution in [2.45, 2.75) is 39.0 Å². The van der Waals surface area contributed by atoms with Crippen LogP contribution in [-0.4, -0.2) is 57.5 Å². The Kier molecular flexibility index (Phi) is 8.58. The Hall–Kier alpha value is -4.19. The maximum atomic E-state index is 13.9. The number of aliphatic carboxylic acids is 1. The number of halogens is 3. The fourth-order valence-electron chi connectivity index (χ4n) is 4.88. The van der Waals surface area contributed by atoms with Crippen molar-refractivity contribution in [3.8, 4) is 11.3 Å². The Morgan fingerprint density at radius 3 is 2.52 bits per heavy atom. The van der Waals surface area contributed by atoms with Crippen LogP contribution < -0.4 is 10.9 Å². The maximum absolute atomic E-state index is 13.9. The highest BCUT2D eigenvalue weighted by atomic mass is 19.4. The summed E-state index contributed by atoms with van der Waals surface area (Å²) in [5, 5.41) is 11.6. The fraction of sp³-hybridized carbons (Fsp3) is 0.357. The second kappa shape index (κ2) is 11.9. The molecule has 1 fully saturated rings. The third-order valence-corrected chi connectivity index (χ3v) is 6.83. The molecule has 2 N–H and O–H groups in total. The Labute approximate surface area is 227 Å². The maximum Gasteiger partial charge on any atom is 0.490 e. The summed E-state index contributed by atoms with van der Waals surface area (Å²) >= 11 is 0. The molecule has 1 atom stereocenters. The number of rotatable bonds is 5. The van der Waals surface area contributed by atoms with E-state index in [2.05, 4.69) is 22.9 Å². The first-order valence-corrected chi connectivity index (χ1v) is 12.8. The third-order valence-electron chi connectivity index (χ3n) is 6.83. The van der Waals surface area contributed by atoms with Gasteiger partial charge >= 0.3 is 18.1 Å². The lowest BCUT2D eigenvalue weighted by atomic mass is 9.99. The van der Waals surface area contributed by atoms with E-state index in [4.69, 9.17) is 19.6 Å². The minimum absolute atomic E-state index is 0.130. The summed E-state index contributed by atoms with van der Waals surface area (Å²) < 4.78 is 40.6. The second-order valence-corrected chi connectivity index (χ2v) is 9.43. The highest BCUT2D eigenvalue weighted by molar-refractivity contribution is 5.97. The highest BCUT2D eigenvalue weighted by Crippen LogP contribution is 2.29. The molecule has 1 saturated heterocycles. The molecule has 0 bridgehead atoms. The van der Waals surface area contributed by atoms with Gasteiger partial charge in [0.2, 0.25) is 0 Å². The number of alkyl halides is 3. The highest BCUT2D eigenvalue weighted by Gasteiger charge is 2.38. The average molecular weight is 559 g/mol. The SMILES string of the molecule is CCn1cc(-c2nc3ccc(C(=O)OC)cc3n(CC3CCCNC3)c2=O)c2ccccc21.O=C(O)C(F)(F)F. The molecular formula is C28H29F3N4O5. The van der Waals surface area contributed by atoms with Gasteiger partial charge in [0.15, 0.2) is 0 Å². The van der Waals surface area contributed by atoms with Crippen LogP contribution in [-0.2, 0) is 22.6 Å². The number of aryl methyl sites for hydroxylation is 1. The number of nitrogens with one attached hydrogen (secondary N) is 1. The van der Waals surface area contributed by atoms with E-state index in [1.165, 1.54) is 7.11 Å². The molecule has 212 valence electrons. The number of hydrogen-bond donors (Lipinski definition) is 2. The van der Waals surface area contributed by atoms with Crippen molar-refractivity contribution in [1.29, 1.82) is 0 Å². The van der Waals surface area contributed by atoms with Gasteiger partial charge < -0.3 is 24.3 Å². The number of carbonyl (C=O) groups excluding carboxylic acids is 1. The van der Waals surface area contributed by atoms with Crippen molar-refractivity contribution in [1.82, 2.24) is 19.4 Å². The van der Waals surface area contributed by atoms with Crippen LogP contribution in [0, 0.1) is 5.92 Å². The van der Waals surface area contributed by atoms with Gasteiger partial charge in [-0.25, -0.2) is 14.6 Å². The lowest BCUT2D eigenvalue weighted by Gasteiger charge is -2.24. The first-order chi connectivity index (χ1) is 19.0. The molecule has 1 unspecified atom stereocenters. The van der Waals surface area contributed by atoms with Crippen molar-refractivity contribution in [3.63, 3.8) is 0 Å². The summed E-state index contributed by atoms with van der Waals surface area (Å²) in [6, 6.07) is 13.3. The monoisotopic (exact) mass is 558 g/mol. The number of nitrogens with zero attached hydrogens (tertiary/aromatic N) is 3. The number of fused-ring (bicyclic) bond motifs is 2. The van der Waals surface area contributed by atoms with Crippen LogP contribution in [0.25, 0.3) is 33.2 Å². The molecule has 40 heavy (non-hydrogen) atoms. The van der Waals surface area contributed by atoms with Crippen molar-refractivity contribution in [3.05, 3.63) is 64.6 Å². The molecule has 5 rings (SSSR count). The van der Waals surface area contributed by atoms with Gasteiger partial charge in [-0.2, -0.15) is 13.2 Å². The van der Waals surface area contributed by atoms with Gasteiger partial charge in [-0.05, 0) is 63.0 Å². The van der Waals surface area contributed by atoms with Crippen molar-refractivity contribution in [2.24, 2.45) is 5.92 Å². The Balaban J connectivity index is 0.000000470. The van der Waals surface area contributed by atoms with E-state index < -0.39 is 18.1 Å². The number of aromatic nitrogens is 3. The number of piperidine rings is 1. The lowest BCUT2D eigenvalue weighted by molar-refractivity contribution is -0.192. The van der Waals surface area contributed by atoms with Gasteiger partial charge in [0.25, 0.3) is 5.56 Å². The first kappa shape index (κ1) is 28.8. The van der Waals surface area contributed by atoms with Crippen molar-refractivity contribution in [2.75, 3.05) is 20.2 Å². The summed E-state index contributed by atoms with van der Waals surface area (Å²) in [6.07, 6.45) is -0.910. The largest absolute Gasteiger partial charge is 0.490 e. The van der Waals surface area contributed by atoms with Crippen LogP contribution in [0.15, 0.2) is 53.5 Å². The number of methoxy groups -OCH3 is 1. The quantitative estimate of drug-likeness (QED) is 0.348. The van der Waals surface area contributed by atoms with Crippen molar-refractivity contribution >= 4 is 33.9 Å². The van der Waals surface area contributed by atoms with Crippen LogP contribution >= 0.6 is 0 Å². The number of esters is 1. The molecule has 1 aliphatic heterocycles. The zero-order chi connectivity index (χ0) is 29.0. The molecule has 0 amide bonds. The van der Waals surface area contributed by atoms with E-state index in [-0.39, 0.29) is 5.56 Å². The number of carboxylic acid groups (broad SMARTS) is 1. The lowest BCUT2D eigenvalue weighted by Crippen LogP contribution is -2.35. The molecule has 2 aromatic heterocycles. The van der Waals surface area contributed by atoms with Gasteiger partial charge in [-0.15, -0.1) is 0 Å². The van der Waals surface area contributed by atoms with E-state index in [1.807, 2.05) is 24.4 Å². The Morgan fingerprint density at radius 1 is 1.18 bits per heavy atom. The molecule has 2 aromatic carbocycles. The van der Waals surface area contributed by atoms with E-state index in [0.717, 1.165) is 48.9 Å². The van der Waals surface area contributed by atoms with Crippen LogP contribution in [0.3, 0.4) is 0 Å². The van der Waals surface area contributed by atoms with Crippen LogP contribution in [0.1, 0.15) is 30.1 Å². The zero-order valence-corrected chi connectivity index (χ0v) is 22.0. The standard InChI is InChI=1S/C26H28N4O3.C2HF3O2/c1-3-29-16-20(19-8-4-5-9-22(19)29)24-25(31)30(15-17-7-6-12-27-14-17)23-13-18(26(32)33-2)10-11-21(23)28-24;3-2(4,5)1(6)7/h4-5,8-11,13,16-17,27H,3,6-7,12,14-15H2,1-2H3;(H,6,7). The first-order valence-electron chi connectivity index (χ1n) is 12.8. The van der Waals surface area contributed by atoms with E-state index in [1.54, 1.807) is 22.8 Å². The topological polar surface area (TPSA) is 115 Å². The molecule has 12 heteroatoms. The number of hydrogen-bond acceptors (Lipinski definition) is 6.